The largest absolute Gasteiger partial charge is 0.250 e. The Hall–Kier alpha value is -3.52. The molecule has 3 aromatic carbocycles. The van der Waals surface area contributed by atoms with Crippen molar-refractivity contribution in [3.63, 3.8) is 0 Å². The first-order valence-electron chi connectivity index (χ1n) is 16.6. The Balaban J connectivity index is 1.53. The Morgan fingerprint density at radius 2 is 0.929 bits per heavy atom. The first kappa shape index (κ1) is 27.3. The average molecular weight is 553 g/mol. The van der Waals surface area contributed by atoms with E-state index in [1.807, 2.05) is 0 Å². The van der Waals surface area contributed by atoms with Crippen LogP contribution in [0.15, 0.2) is 84.9 Å². The molecular formula is C40H44N2. The van der Waals surface area contributed by atoms with E-state index in [2.05, 4.69) is 98.8 Å². The van der Waals surface area contributed by atoms with Gasteiger partial charge in [0.25, 0.3) is 0 Å². The first-order chi connectivity index (χ1) is 20.7. The van der Waals surface area contributed by atoms with E-state index in [4.69, 9.17) is 9.97 Å². The Labute approximate surface area is 251 Å². The summed E-state index contributed by atoms with van der Waals surface area (Å²) in [5.74, 6) is 2.45. The summed E-state index contributed by atoms with van der Waals surface area (Å²) in [4.78, 5) is 11.2. The van der Waals surface area contributed by atoms with E-state index in [-0.39, 0.29) is 0 Å². The highest BCUT2D eigenvalue weighted by molar-refractivity contribution is 6.12. The molecule has 42 heavy (non-hydrogen) atoms. The van der Waals surface area contributed by atoms with Crippen LogP contribution in [-0.2, 0) is 0 Å². The van der Waals surface area contributed by atoms with Gasteiger partial charge in [-0.2, -0.15) is 0 Å². The number of aromatic nitrogens is 2. The van der Waals surface area contributed by atoms with Gasteiger partial charge in [-0.05, 0) is 71.9 Å². The molecule has 214 valence electrons. The van der Waals surface area contributed by atoms with Crippen molar-refractivity contribution in [1.82, 2.24) is 9.97 Å². The molecule has 0 aliphatic heterocycles. The molecule has 2 heteroatoms. The van der Waals surface area contributed by atoms with Crippen LogP contribution >= 0.6 is 0 Å². The number of hydrogen-bond donors (Lipinski definition) is 0. The van der Waals surface area contributed by atoms with Crippen LogP contribution in [0.3, 0.4) is 0 Å². The van der Waals surface area contributed by atoms with Gasteiger partial charge in [-0.1, -0.05) is 125 Å². The average Bonchev–Trinajstić information content (AvgIpc) is 3.07. The lowest BCUT2D eigenvalue weighted by Gasteiger charge is -2.31. The lowest BCUT2D eigenvalue weighted by molar-refractivity contribution is 0.295. The van der Waals surface area contributed by atoms with Crippen molar-refractivity contribution in [2.45, 2.75) is 89.9 Å². The summed E-state index contributed by atoms with van der Waals surface area (Å²) >= 11 is 0. The van der Waals surface area contributed by atoms with Gasteiger partial charge in [0.2, 0.25) is 0 Å². The standard InChI is InChI=1S/C40H44N2/c1-3-27-15-11-13-21-31(27)37-25-35(29-17-7-5-8-18-29)33-23-24-34-36(30-19-9-6-10-20-30)26-38(42-40(34)39(33)41-37)32-22-14-12-16-28(32)4-2/h5-10,17-20,23-28,31-32H,3-4,11-16,21-22H2,1-2H3. The Kier molecular flexibility index (Phi) is 7.80. The second kappa shape index (κ2) is 12.0. The van der Waals surface area contributed by atoms with Crippen LogP contribution in [0.1, 0.15) is 101 Å². The van der Waals surface area contributed by atoms with Gasteiger partial charge in [0.1, 0.15) is 0 Å². The summed E-state index contributed by atoms with van der Waals surface area (Å²) in [5, 5.41) is 2.45. The van der Waals surface area contributed by atoms with Crippen molar-refractivity contribution < 1.29 is 0 Å². The van der Waals surface area contributed by atoms with Gasteiger partial charge in [-0.25, -0.2) is 0 Å². The summed E-state index contributed by atoms with van der Waals surface area (Å²) in [6.07, 6.45) is 12.9. The van der Waals surface area contributed by atoms with E-state index in [1.54, 1.807) is 0 Å². The number of hydrogen-bond acceptors (Lipinski definition) is 2. The number of fused-ring (bicyclic) bond motifs is 3. The molecule has 4 atom stereocenters. The first-order valence-corrected chi connectivity index (χ1v) is 16.6. The van der Waals surface area contributed by atoms with Crippen molar-refractivity contribution in [3.05, 3.63) is 96.3 Å². The van der Waals surface area contributed by atoms with Crippen LogP contribution in [0.2, 0.25) is 0 Å². The molecule has 0 bridgehead atoms. The van der Waals surface area contributed by atoms with Crippen LogP contribution in [0.4, 0.5) is 0 Å². The quantitative estimate of drug-likeness (QED) is 0.196. The molecule has 2 saturated carbocycles. The van der Waals surface area contributed by atoms with Gasteiger partial charge in [0.05, 0.1) is 11.0 Å². The van der Waals surface area contributed by atoms with Crippen molar-refractivity contribution in [2.75, 3.05) is 0 Å². The fraction of sp³-hybridized carbons (Fsp3) is 0.400. The Morgan fingerprint density at radius 1 is 0.524 bits per heavy atom. The van der Waals surface area contributed by atoms with Crippen molar-refractivity contribution in [1.29, 1.82) is 0 Å². The Morgan fingerprint density at radius 3 is 1.33 bits per heavy atom. The maximum atomic E-state index is 5.61. The maximum Gasteiger partial charge on any atom is 0.0974 e. The van der Waals surface area contributed by atoms with Gasteiger partial charge in [0.15, 0.2) is 0 Å². The van der Waals surface area contributed by atoms with Gasteiger partial charge in [-0.15, -0.1) is 0 Å². The van der Waals surface area contributed by atoms with Crippen LogP contribution < -0.4 is 0 Å². The summed E-state index contributed by atoms with van der Waals surface area (Å²) in [6.45, 7) is 4.73. The van der Waals surface area contributed by atoms with Gasteiger partial charge >= 0.3 is 0 Å². The summed E-state index contributed by atoms with van der Waals surface area (Å²) in [7, 11) is 0. The lowest BCUT2D eigenvalue weighted by Crippen LogP contribution is -2.19. The summed E-state index contributed by atoms with van der Waals surface area (Å²) in [5.41, 5.74) is 9.88. The molecule has 0 radical (unpaired) electrons. The normalized spacial score (nSPS) is 22.9. The van der Waals surface area contributed by atoms with E-state index in [9.17, 15) is 0 Å². The molecule has 2 nitrogen and oxygen atoms in total. The number of rotatable bonds is 6. The molecule has 2 aromatic heterocycles. The molecule has 2 heterocycles. The smallest absolute Gasteiger partial charge is 0.0974 e. The molecule has 7 rings (SSSR count). The third-order valence-electron chi connectivity index (χ3n) is 10.6. The molecule has 0 saturated heterocycles. The molecule has 2 fully saturated rings. The fourth-order valence-corrected chi connectivity index (χ4v) is 8.28. The van der Waals surface area contributed by atoms with Gasteiger partial charge in [0, 0.05) is 34.0 Å². The van der Waals surface area contributed by atoms with Crippen molar-refractivity contribution >= 4 is 21.8 Å². The topological polar surface area (TPSA) is 25.8 Å². The van der Waals surface area contributed by atoms with E-state index < -0.39 is 0 Å². The lowest BCUT2D eigenvalue weighted by atomic mass is 9.75. The predicted octanol–water partition coefficient (Wildman–Crippen LogP) is 11.5. The molecule has 2 aliphatic rings. The number of nitrogens with zero attached hydrogens (tertiary/aromatic N) is 2. The van der Waals surface area contributed by atoms with E-state index in [0.717, 1.165) is 11.0 Å². The maximum absolute atomic E-state index is 5.61. The van der Waals surface area contributed by atoms with Gasteiger partial charge in [-0.3, -0.25) is 9.97 Å². The second-order valence-electron chi connectivity index (χ2n) is 12.9. The molecular weight excluding hydrogens is 508 g/mol. The van der Waals surface area contributed by atoms with Crippen molar-refractivity contribution in [3.8, 4) is 22.3 Å². The minimum atomic E-state index is 0.519. The van der Waals surface area contributed by atoms with E-state index in [0.29, 0.717) is 23.7 Å². The van der Waals surface area contributed by atoms with Crippen LogP contribution in [0.25, 0.3) is 44.1 Å². The highest BCUT2D eigenvalue weighted by Crippen LogP contribution is 2.45. The molecule has 0 N–H and O–H groups in total. The predicted molar refractivity (Wildman–Crippen MR) is 178 cm³/mol. The van der Waals surface area contributed by atoms with Crippen LogP contribution in [0.5, 0.6) is 0 Å². The summed E-state index contributed by atoms with van der Waals surface area (Å²) < 4.78 is 0. The highest BCUT2D eigenvalue weighted by atomic mass is 14.8. The molecule has 5 aromatic rings. The van der Waals surface area contributed by atoms with Crippen molar-refractivity contribution in [2.24, 2.45) is 11.8 Å². The zero-order chi connectivity index (χ0) is 28.5. The SMILES string of the molecule is CCC1CCCCC1c1cc(-c2ccccc2)c2ccc3c(-c4ccccc4)cc(C4CCCCC4CC)nc3c2n1. The third-order valence-corrected chi connectivity index (χ3v) is 10.6. The highest BCUT2D eigenvalue weighted by Gasteiger charge is 2.29. The number of benzene rings is 3. The minimum absolute atomic E-state index is 0.519. The van der Waals surface area contributed by atoms with E-state index in [1.165, 1.54) is 109 Å². The van der Waals surface area contributed by atoms with E-state index >= 15 is 0 Å². The molecule has 2 aliphatic carbocycles. The monoisotopic (exact) mass is 552 g/mol. The Bertz CT molecular complexity index is 1550. The fourth-order valence-electron chi connectivity index (χ4n) is 8.28. The molecule has 0 amide bonds. The summed E-state index contributed by atoms with van der Waals surface area (Å²) in [6, 6.07) is 31.4. The van der Waals surface area contributed by atoms with Crippen LogP contribution in [-0.4, -0.2) is 9.97 Å². The van der Waals surface area contributed by atoms with Crippen LogP contribution in [0, 0.1) is 11.8 Å². The second-order valence-corrected chi connectivity index (χ2v) is 12.9. The zero-order valence-corrected chi connectivity index (χ0v) is 25.4. The molecule has 0 spiro atoms. The van der Waals surface area contributed by atoms with Gasteiger partial charge < -0.3 is 0 Å². The number of pyridine rings is 2. The molecule has 4 unspecified atom stereocenters. The minimum Gasteiger partial charge on any atom is -0.250 e. The third kappa shape index (κ3) is 5.04. The zero-order valence-electron chi connectivity index (χ0n) is 25.4.